The van der Waals surface area contributed by atoms with Crippen molar-refractivity contribution in [3.05, 3.63) is 55.6 Å². The summed E-state index contributed by atoms with van der Waals surface area (Å²) in [6.45, 7) is 3.92. The molecule has 1 aromatic carbocycles. The fraction of sp³-hybridized carbons (Fsp3) is 0.278. The van der Waals surface area contributed by atoms with Crippen LogP contribution in [0.3, 0.4) is 0 Å². The molecule has 0 fully saturated rings. The van der Waals surface area contributed by atoms with Crippen LogP contribution in [0.15, 0.2) is 38.6 Å². The highest BCUT2D eigenvalue weighted by Crippen LogP contribution is 2.23. The van der Waals surface area contributed by atoms with Gasteiger partial charge in [-0.05, 0) is 38.1 Å². The Hall–Kier alpha value is -3.67. The molecule has 138 valence electrons. The van der Waals surface area contributed by atoms with Gasteiger partial charge in [-0.25, -0.2) is 28.7 Å². The smallest absolute Gasteiger partial charge is 0.439 e. The third kappa shape index (κ3) is 3.13. The van der Waals surface area contributed by atoms with E-state index in [0.29, 0.717) is 23.6 Å². The number of rotatable bonds is 5. The second-order valence-corrected chi connectivity index (χ2v) is 5.73. The number of fused-ring (bicyclic) bond motifs is 1. The first-order chi connectivity index (χ1) is 13.0. The minimum absolute atomic E-state index is 0.0800. The fourth-order valence-corrected chi connectivity index (χ4v) is 2.99. The largest absolute Gasteiger partial charge is 0.479 e. The van der Waals surface area contributed by atoms with Crippen LogP contribution < -0.4 is 26.7 Å². The average molecular weight is 368 g/mol. The van der Waals surface area contributed by atoms with Crippen LogP contribution in [0.4, 0.5) is 0 Å². The molecule has 0 atom stereocenters. The number of aryl methyl sites for hydroxylation is 1. The molecule has 9 nitrogen and oxygen atoms in total. The molecule has 2 N–H and O–H groups in total. The van der Waals surface area contributed by atoms with Crippen molar-refractivity contribution in [2.45, 2.75) is 26.9 Å². The Bertz CT molecular complexity index is 1210. The highest BCUT2D eigenvalue weighted by molar-refractivity contribution is 5.87. The maximum atomic E-state index is 12.9. The summed E-state index contributed by atoms with van der Waals surface area (Å²) in [5, 5.41) is 8.80. The third-order valence-corrected chi connectivity index (χ3v) is 4.23. The molecule has 9 heteroatoms. The maximum absolute atomic E-state index is 12.9. The third-order valence-electron chi connectivity index (χ3n) is 4.23. The summed E-state index contributed by atoms with van der Waals surface area (Å²) in [4.78, 5) is 42.8. The van der Waals surface area contributed by atoms with E-state index < -0.39 is 16.9 Å². The first-order valence-electron chi connectivity index (χ1n) is 8.44. The molecule has 3 rings (SSSR count). The molecule has 0 saturated carbocycles. The second-order valence-electron chi connectivity index (χ2n) is 5.73. The molecule has 3 aromatic rings. The van der Waals surface area contributed by atoms with Gasteiger partial charge >= 0.3 is 11.4 Å². The Labute approximate surface area is 153 Å². The molecule has 27 heavy (non-hydrogen) atoms. The molecule has 0 bridgehead atoms. The lowest BCUT2D eigenvalue weighted by molar-refractivity contribution is -0.374. The van der Waals surface area contributed by atoms with Crippen molar-refractivity contribution in [3.8, 4) is 23.1 Å². The van der Waals surface area contributed by atoms with Gasteiger partial charge in [0.2, 0.25) is 5.65 Å². The van der Waals surface area contributed by atoms with E-state index in [1.54, 1.807) is 38.1 Å². The molecular weight excluding hydrogens is 350 g/mol. The van der Waals surface area contributed by atoms with Crippen LogP contribution in [0, 0.1) is 11.3 Å². The number of ether oxygens (including phenoxy) is 1. The van der Waals surface area contributed by atoms with Gasteiger partial charge in [-0.3, -0.25) is 4.79 Å². The SMILES string of the molecule is CCn1c(=O)c2c(-c3ccc(OCC#N)cc3)[nH]c(=O)[nH+]c2n(CC)c1=O. The number of nitrogens with one attached hydrogen (secondary N) is 2. The van der Waals surface area contributed by atoms with E-state index in [1.165, 1.54) is 4.57 Å². The second kappa shape index (κ2) is 7.29. The Morgan fingerprint density at radius 2 is 1.78 bits per heavy atom. The Kier molecular flexibility index (Phi) is 4.90. The molecule has 0 amide bonds. The van der Waals surface area contributed by atoms with Gasteiger partial charge in [-0.2, -0.15) is 5.26 Å². The highest BCUT2D eigenvalue weighted by Gasteiger charge is 2.22. The summed E-state index contributed by atoms with van der Waals surface area (Å²) >= 11 is 0. The number of H-pyrrole nitrogens is 2. The lowest BCUT2D eigenvalue weighted by atomic mass is 10.1. The first-order valence-corrected chi connectivity index (χ1v) is 8.44. The van der Waals surface area contributed by atoms with Gasteiger partial charge in [0.05, 0.1) is 6.54 Å². The van der Waals surface area contributed by atoms with Crippen molar-refractivity contribution in [2.24, 2.45) is 0 Å². The lowest BCUT2D eigenvalue weighted by Gasteiger charge is -2.09. The molecule has 0 saturated heterocycles. The summed E-state index contributed by atoms with van der Waals surface area (Å²) in [7, 11) is 0. The zero-order valence-corrected chi connectivity index (χ0v) is 14.9. The van der Waals surface area contributed by atoms with E-state index in [9.17, 15) is 14.4 Å². The lowest BCUT2D eigenvalue weighted by Crippen LogP contribution is -2.45. The van der Waals surface area contributed by atoms with Crippen molar-refractivity contribution in [1.29, 1.82) is 5.26 Å². The van der Waals surface area contributed by atoms with Gasteiger partial charge in [-0.1, -0.05) is 0 Å². The standard InChI is InChI=1S/C18H17N5O4/c1-3-22-15-13(16(24)23(4-2)18(22)26)14(20-17(25)21-15)11-5-7-12(8-6-11)27-10-9-19/h5-8H,3-4,10H2,1-2H3,(H,20,21,25)/p+1. The van der Waals surface area contributed by atoms with Crippen molar-refractivity contribution < 1.29 is 9.72 Å². The van der Waals surface area contributed by atoms with E-state index in [4.69, 9.17) is 10.00 Å². The average Bonchev–Trinajstić information content (AvgIpc) is 2.66. The van der Waals surface area contributed by atoms with Crippen LogP contribution >= 0.6 is 0 Å². The predicted octanol–water partition coefficient (Wildman–Crippen LogP) is 0.275. The molecule has 0 aliphatic rings. The minimum atomic E-state index is -0.530. The number of nitrogens with zero attached hydrogens (tertiary/aromatic N) is 3. The monoisotopic (exact) mass is 368 g/mol. The summed E-state index contributed by atoms with van der Waals surface area (Å²) in [6, 6.07) is 8.51. The molecule has 0 radical (unpaired) electrons. The van der Waals surface area contributed by atoms with Crippen molar-refractivity contribution in [3.63, 3.8) is 0 Å². The normalized spacial score (nSPS) is 10.7. The van der Waals surface area contributed by atoms with Gasteiger partial charge < -0.3 is 4.74 Å². The zero-order chi connectivity index (χ0) is 19.6. The van der Waals surface area contributed by atoms with Gasteiger partial charge in [0.15, 0.2) is 12.0 Å². The topological polar surface area (TPSA) is 124 Å². The maximum Gasteiger partial charge on any atom is 0.439 e. The number of aromatic nitrogens is 4. The van der Waals surface area contributed by atoms with Gasteiger partial charge in [-0.15, -0.1) is 0 Å². The van der Waals surface area contributed by atoms with E-state index in [-0.39, 0.29) is 24.2 Å². The van der Waals surface area contributed by atoms with E-state index in [0.717, 1.165) is 4.57 Å². The number of aromatic amines is 2. The number of hydrogen-bond donors (Lipinski definition) is 1. The van der Waals surface area contributed by atoms with Crippen molar-refractivity contribution >= 4 is 11.0 Å². The van der Waals surface area contributed by atoms with Crippen LogP contribution in [-0.2, 0) is 13.1 Å². The molecule has 0 spiro atoms. The van der Waals surface area contributed by atoms with Gasteiger partial charge in [0, 0.05) is 12.1 Å². The number of benzene rings is 1. The molecule has 0 unspecified atom stereocenters. The van der Waals surface area contributed by atoms with E-state index in [1.807, 2.05) is 6.07 Å². The summed E-state index contributed by atoms with van der Waals surface area (Å²) in [5.74, 6) is 0.492. The van der Waals surface area contributed by atoms with Crippen LogP contribution in [0.5, 0.6) is 5.75 Å². The van der Waals surface area contributed by atoms with Crippen LogP contribution in [0.2, 0.25) is 0 Å². The van der Waals surface area contributed by atoms with Crippen molar-refractivity contribution in [1.82, 2.24) is 14.1 Å². The minimum Gasteiger partial charge on any atom is -0.479 e. The summed E-state index contributed by atoms with van der Waals surface area (Å²) in [6.07, 6.45) is 0. The molecule has 0 aliphatic heterocycles. The quantitative estimate of drug-likeness (QED) is 0.692. The predicted molar refractivity (Wildman–Crippen MR) is 97.5 cm³/mol. The summed E-state index contributed by atoms with van der Waals surface area (Å²) < 4.78 is 7.71. The molecule has 0 aliphatic carbocycles. The van der Waals surface area contributed by atoms with E-state index >= 15 is 0 Å². The van der Waals surface area contributed by atoms with Crippen LogP contribution in [-0.4, -0.2) is 20.7 Å². The summed E-state index contributed by atoms with van der Waals surface area (Å²) in [5.41, 5.74) is -0.398. The first kappa shape index (κ1) is 18.1. The Balaban J connectivity index is 2.34. The van der Waals surface area contributed by atoms with Crippen LogP contribution in [0.25, 0.3) is 22.3 Å². The Morgan fingerprint density at radius 3 is 2.37 bits per heavy atom. The molecule has 2 aromatic heterocycles. The number of hydrogen-bond acceptors (Lipinski definition) is 5. The zero-order valence-electron chi connectivity index (χ0n) is 14.9. The molecule has 2 heterocycles. The fourth-order valence-electron chi connectivity index (χ4n) is 2.99. The highest BCUT2D eigenvalue weighted by atomic mass is 16.5. The van der Waals surface area contributed by atoms with Gasteiger partial charge in [0.1, 0.15) is 17.5 Å². The molecular formula is C18H18N5O4+. The van der Waals surface area contributed by atoms with Gasteiger partial charge in [0.25, 0.3) is 5.56 Å². The Morgan fingerprint density at radius 1 is 1.11 bits per heavy atom. The van der Waals surface area contributed by atoms with Crippen LogP contribution in [0.1, 0.15) is 13.8 Å². The van der Waals surface area contributed by atoms with Crippen molar-refractivity contribution in [2.75, 3.05) is 6.61 Å². The number of nitriles is 1. The van der Waals surface area contributed by atoms with E-state index in [2.05, 4.69) is 9.97 Å².